The number of piperazine rings is 1. The summed E-state index contributed by atoms with van der Waals surface area (Å²) in [5, 5.41) is 9.34. The number of phenolic OH excluding ortho intramolecular Hbond substituents is 1. The van der Waals surface area contributed by atoms with Gasteiger partial charge in [0.05, 0.1) is 13.0 Å². The Labute approximate surface area is 125 Å². The normalized spacial score (nSPS) is 19.5. The molecule has 3 rings (SSSR count). The first kappa shape index (κ1) is 14.2. The summed E-state index contributed by atoms with van der Waals surface area (Å²) in [4.78, 5) is 16.6. The van der Waals surface area contributed by atoms with E-state index in [1.165, 1.54) is 12.8 Å². The predicted octanol–water partition coefficient (Wildman–Crippen LogP) is 1.47. The molecule has 1 aromatic rings. The van der Waals surface area contributed by atoms with Crippen LogP contribution in [-0.4, -0.2) is 59.6 Å². The number of aromatic hydroxyl groups is 1. The molecular formula is C16H22N2O3. The van der Waals surface area contributed by atoms with Crippen molar-refractivity contribution < 1.29 is 14.6 Å². The fourth-order valence-corrected chi connectivity index (χ4v) is 2.76. The predicted molar refractivity (Wildman–Crippen MR) is 79.4 cm³/mol. The summed E-state index contributed by atoms with van der Waals surface area (Å²) in [5.74, 6) is 0.932. The van der Waals surface area contributed by atoms with E-state index in [2.05, 4.69) is 4.90 Å². The molecule has 5 heteroatoms. The zero-order chi connectivity index (χ0) is 14.7. The number of nitrogens with zero attached hydrogens (tertiary/aromatic N) is 2. The first-order chi connectivity index (χ1) is 10.2. The molecule has 0 bridgehead atoms. The minimum atomic E-state index is 0.158. The Hall–Kier alpha value is -1.75. The molecule has 2 fully saturated rings. The van der Waals surface area contributed by atoms with Gasteiger partial charge in [0.1, 0.15) is 11.5 Å². The van der Waals surface area contributed by atoms with Crippen LogP contribution in [0.1, 0.15) is 19.3 Å². The summed E-state index contributed by atoms with van der Waals surface area (Å²) < 4.78 is 5.50. The number of hydrogen-bond donors (Lipinski definition) is 1. The van der Waals surface area contributed by atoms with Crippen LogP contribution in [-0.2, 0) is 4.79 Å². The van der Waals surface area contributed by atoms with Gasteiger partial charge in [-0.25, -0.2) is 0 Å². The number of amides is 1. The molecule has 1 aliphatic carbocycles. The molecule has 1 heterocycles. The molecule has 21 heavy (non-hydrogen) atoms. The number of hydrogen-bond acceptors (Lipinski definition) is 4. The van der Waals surface area contributed by atoms with Gasteiger partial charge in [-0.2, -0.15) is 0 Å². The van der Waals surface area contributed by atoms with E-state index in [1.807, 2.05) is 4.90 Å². The highest BCUT2D eigenvalue weighted by Gasteiger charge is 2.32. The minimum absolute atomic E-state index is 0.158. The molecule has 1 saturated carbocycles. The first-order valence-electron chi connectivity index (χ1n) is 7.66. The highest BCUT2D eigenvalue weighted by Crippen LogP contribution is 2.27. The number of ether oxygens (including phenoxy) is 1. The lowest BCUT2D eigenvalue weighted by atomic mass is 10.2. The molecule has 114 valence electrons. The van der Waals surface area contributed by atoms with Crippen LogP contribution in [0.5, 0.6) is 11.5 Å². The molecule has 1 saturated heterocycles. The molecule has 2 aliphatic rings. The summed E-state index contributed by atoms with van der Waals surface area (Å²) in [6, 6.07) is 7.44. The summed E-state index contributed by atoms with van der Waals surface area (Å²) in [5.41, 5.74) is 0. The number of carbonyl (C=O) groups is 1. The maximum atomic E-state index is 12.1. The summed E-state index contributed by atoms with van der Waals surface area (Å²) in [6.45, 7) is 4.03. The molecule has 1 amide bonds. The number of phenols is 1. The van der Waals surface area contributed by atoms with Gasteiger partial charge in [-0.15, -0.1) is 0 Å². The van der Waals surface area contributed by atoms with Crippen molar-refractivity contribution in [2.75, 3.05) is 32.8 Å². The van der Waals surface area contributed by atoms with Crippen molar-refractivity contribution in [1.29, 1.82) is 0 Å². The lowest BCUT2D eigenvalue weighted by Gasteiger charge is -2.34. The average Bonchev–Trinajstić information content (AvgIpc) is 3.32. The topological polar surface area (TPSA) is 53.0 Å². The molecule has 0 aromatic heterocycles. The van der Waals surface area contributed by atoms with Crippen molar-refractivity contribution in [2.45, 2.75) is 25.3 Å². The molecule has 1 N–H and O–H groups in total. The van der Waals surface area contributed by atoms with Crippen LogP contribution in [0.15, 0.2) is 24.3 Å². The van der Waals surface area contributed by atoms with Gasteiger partial charge in [-0.3, -0.25) is 9.69 Å². The highest BCUT2D eigenvalue weighted by atomic mass is 16.5. The van der Waals surface area contributed by atoms with E-state index in [1.54, 1.807) is 24.3 Å². The summed E-state index contributed by atoms with van der Waals surface area (Å²) in [6.07, 6.45) is 3.04. The number of benzene rings is 1. The minimum Gasteiger partial charge on any atom is -0.508 e. The second-order valence-corrected chi connectivity index (χ2v) is 5.74. The van der Waals surface area contributed by atoms with Crippen molar-refractivity contribution in [3.8, 4) is 11.5 Å². The van der Waals surface area contributed by atoms with Crippen molar-refractivity contribution >= 4 is 5.91 Å². The summed E-state index contributed by atoms with van der Waals surface area (Å²) >= 11 is 0. The molecule has 1 aromatic carbocycles. The Bertz CT molecular complexity index is 494. The van der Waals surface area contributed by atoms with Crippen LogP contribution in [0.3, 0.4) is 0 Å². The number of rotatable bonds is 5. The largest absolute Gasteiger partial charge is 0.508 e. The van der Waals surface area contributed by atoms with Crippen molar-refractivity contribution in [2.24, 2.45) is 0 Å². The third-order valence-electron chi connectivity index (χ3n) is 4.13. The average molecular weight is 290 g/mol. The van der Waals surface area contributed by atoms with E-state index in [0.29, 0.717) is 18.8 Å². The highest BCUT2D eigenvalue weighted by molar-refractivity contribution is 5.76. The lowest BCUT2D eigenvalue weighted by molar-refractivity contribution is -0.133. The first-order valence-corrected chi connectivity index (χ1v) is 7.66. The maximum absolute atomic E-state index is 12.1. The zero-order valence-corrected chi connectivity index (χ0v) is 12.2. The van der Waals surface area contributed by atoms with Crippen LogP contribution in [0, 0.1) is 0 Å². The van der Waals surface area contributed by atoms with Crippen LogP contribution in [0.4, 0.5) is 0 Å². The Balaban J connectivity index is 1.38. The molecule has 5 nitrogen and oxygen atoms in total. The Kier molecular flexibility index (Phi) is 4.29. The molecule has 0 spiro atoms. The molecule has 0 unspecified atom stereocenters. The maximum Gasteiger partial charge on any atom is 0.226 e. The third-order valence-corrected chi connectivity index (χ3v) is 4.13. The van der Waals surface area contributed by atoms with Gasteiger partial charge in [0, 0.05) is 38.3 Å². The van der Waals surface area contributed by atoms with Gasteiger partial charge in [0.2, 0.25) is 5.91 Å². The van der Waals surface area contributed by atoms with Crippen LogP contribution < -0.4 is 4.74 Å². The fourth-order valence-electron chi connectivity index (χ4n) is 2.76. The monoisotopic (exact) mass is 290 g/mol. The lowest BCUT2D eigenvalue weighted by Crippen LogP contribution is -2.49. The fraction of sp³-hybridized carbons (Fsp3) is 0.562. The van der Waals surface area contributed by atoms with Crippen molar-refractivity contribution in [3.05, 3.63) is 24.3 Å². The molecule has 0 atom stereocenters. The van der Waals surface area contributed by atoms with E-state index in [-0.39, 0.29) is 11.7 Å². The van der Waals surface area contributed by atoms with Crippen molar-refractivity contribution in [3.63, 3.8) is 0 Å². The van der Waals surface area contributed by atoms with E-state index >= 15 is 0 Å². The smallest absolute Gasteiger partial charge is 0.226 e. The van der Waals surface area contributed by atoms with E-state index in [4.69, 9.17) is 4.74 Å². The SMILES string of the molecule is O=C(CCOc1cccc(O)c1)N1CCN(C2CC2)CC1. The van der Waals surface area contributed by atoms with Gasteiger partial charge in [0.25, 0.3) is 0 Å². The second-order valence-electron chi connectivity index (χ2n) is 5.74. The zero-order valence-electron chi connectivity index (χ0n) is 12.2. The Morgan fingerprint density at radius 2 is 2.00 bits per heavy atom. The van der Waals surface area contributed by atoms with Gasteiger partial charge in [-0.05, 0) is 25.0 Å². The quantitative estimate of drug-likeness (QED) is 0.892. The van der Waals surface area contributed by atoms with Crippen LogP contribution >= 0.6 is 0 Å². The van der Waals surface area contributed by atoms with E-state index < -0.39 is 0 Å². The number of carbonyl (C=O) groups excluding carboxylic acids is 1. The van der Waals surface area contributed by atoms with E-state index in [0.717, 1.165) is 32.2 Å². The molecule has 0 radical (unpaired) electrons. The molecule has 1 aliphatic heterocycles. The van der Waals surface area contributed by atoms with E-state index in [9.17, 15) is 9.90 Å². The van der Waals surface area contributed by atoms with Crippen molar-refractivity contribution in [1.82, 2.24) is 9.80 Å². The standard InChI is InChI=1S/C16H22N2O3/c19-14-2-1-3-15(12-14)21-11-6-16(20)18-9-7-17(8-10-18)13-4-5-13/h1-3,12-13,19H,4-11H2. The van der Waals surface area contributed by atoms with Crippen LogP contribution in [0.25, 0.3) is 0 Å². The Morgan fingerprint density at radius 1 is 1.24 bits per heavy atom. The van der Waals surface area contributed by atoms with Gasteiger partial charge in [0.15, 0.2) is 0 Å². The van der Waals surface area contributed by atoms with Gasteiger partial charge >= 0.3 is 0 Å². The second kappa shape index (κ2) is 6.35. The summed E-state index contributed by atoms with van der Waals surface area (Å²) in [7, 11) is 0. The Morgan fingerprint density at radius 3 is 2.67 bits per heavy atom. The molecular weight excluding hydrogens is 268 g/mol. The van der Waals surface area contributed by atoms with Gasteiger partial charge < -0.3 is 14.7 Å². The van der Waals surface area contributed by atoms with Gasteiger partial charge in [-0.1, -0.05) is 6.07 Å². The third kappa shape index (κ3) is 3.88. The van der Waals surface area contributed by atoms with Crippen LogP contribution in [0.2, 0.25) is 0 Å².